The van der Waals surface area contributed by atoms with Gasteiger partial charge in [0.25, 0.3) is 28.4 Å². The van der Waals surface area contributed by atoms with Crippen LogP contribution in [0.15, 0.2) is 30.3 Å². The van der Waals surface area contributed by atoms with E-state index in [0.717, 1.165) is 6.07 Å². The average Bonchev–Trinajstić information content (AvgIpc) is 2.65. The summed E-state index contributed by atoms with van der Waals surface area (Å²) >= 11 is 0. The van der Waals surface area contributed by atoms with Crippen LogP contribution in [0.25, 0.3) is 0 Å². The predicted octanol–water partition coefficient (Wildman–Crippen LogP) is 2.46. The monoisotopic (exact) mass is 407 g/mol. The zero-order valence-electron chi connectivity index (χ0n) is 13.6. The molecule has 0 aliphatic rings. The molecular weight excluding hydrogens is 402 g/mol. The Morgan fingerprint density at radius 2 is 0.931 bits per heavy atom. The Kier molecular flexibility index (Phi) is 5.20. The fraction of sp³-hybridized carbons (Fsp3) is 0. The van der Waals surface area contributed by atoms with Crippen LogP contribution in [0.5, 0.6) is 0 Å². The summed E-state index contributed by atoms with van der Waals surface area (Å²) in [6, 6.07) is 2.71. The number of nitro benzene ring substituents is 5. The van der Waals surface area contributed by atoms with Gasteiger partial charge in [-0.05, 0) is 6.07 Å². The molecule has 0 unspecified atom stereocenters. The molecule has 0 heterocycles. The van der Waals surface area contributed by atoms with Crippen LogP contribution in [0, 0.1) is 50.6 Å². The summed E-state index contributed by atoms with van der Waals surface area (Å²) in [4.78, 5) is 62.4. The normalized spacial score (nSPS) is 10.2. The van der Waals surface area contributed by atoms with Crippen molar-refractivity contribution in [3.63, 3.8) is 0 Å². The fourth-order valence-electron chi connectivity index (χ4n) is 2.41. The van der Waals surface area contributed by atoms with Crippen LogP contribution in [0.4, 0.5) is 28.4 Å². The van der Waals surface area contributed by atoms with Crippen LogP contribution < -0.4 is 0 Å². The highest BCUT2D eigenvalue weighted by Gasteiger charge is 2.41. The van der Waals surface area contributed by atoms with E-state index < -0.39 is 70.0 Å². The maximum atomic E-state index is 12.8. The predicted molar refractivity (Wildman–Crippen MR) is 89.6 cm³/mol. The number of carbonyl (C=O) groups excluding carboxylic acids is 1. The van der Waals surface area contributed by atoms with Crippen molar-refractivity contribution in [1.29, 1.82) is 0 Å². The summed E-state index contributed by atoms with van der Waals surface area (Å²) < 4.78 is 0. The van der Waals surface area contributed by atoms with Gasteiger partial charge in [-0.3, -0.25) is 55.4 Å². The lowest BCUT2D eigenvalue weighted by molar-refractivity contribution is -0.403. The molecule has 0 N–H and O–H groups in total. The first-order chi connectivity index (χ1) is 13.5. The number of hydrogen-bond donors (Lipinski definition) is 0. The molecule has 16 heteroatoms. The third-order valence-electron chi connectivity index (χ3n) is 3.55. The maximum Gasteiger partial charge on any atom is 0.294 e. The molecule has 0 fully saturated rings. The molecule has 2 aromatic rings. The van der Waals surface area contributed by atoms with Gasteiger partial charge in [0, 0.05) is 12.1 Å². The Morgan fingerprint density at radius 1 is 0.586 bits per heavy atom. The molecule has 0 saturated carbocycles. The van der Waals surface area contributed by atoms with Crippen molar-refractivity contribution in [2.24, 2.45) is 0 Å². The van der Waals surface area contributed by atoms with Crippen LogP contribution in [-0.4, -0.2) is 30.4 Å². The second-order valence-electron chi connectivity index (χ2n) is 5.14. The summed E-state index contributed by atoms with van der Waals surface area (Å²) in [7, 11) is 0. The highest BCUT2D eigenvalue weighted by molar-refractivity contribution is 6.18. The Balaban J connectivity index is 2.99. The zero-order valence-corrected chi connectivity index (χ0v) is 13.6. The zero-order chi connectivity index (χ0) is 22.0. The van der Waals surface area contributed by atoms with Crippen LogP contribution in [0.3, 0.4) is 0 Å². The number of carbonyl (C=O) groups is 1. The molecule has 0 atom stereocenters. The lowest BCUT2D eigenvalue weighted by Gasteiger charge is -2.06. The summed E-state index contributed by atoms with van der Waals surface area (Å²) in [5.41, 5.74) is -8.81. The molecule has 0 spiro atoms. The van der Waals surface area contributed by atoms with Crippen molar-refractivity contribution in [1.82, 2.24) is 0 Å². The summed E-state index contributed by atoms with van der Waals surface area (Å²) in [6.07, 6.45) is 0. The summed E-state index contributed by atoms with van der Waals surface area (Å²) in [6.45, 7) is 0. The number of ketones is 1. The minimum Gasteiger partial charge on any atom is -0.287 e. The maximum absolute atomic E-state index is 12.8. The van der Waals surface area contributed by atoms with Crippen molar-refractivity contribution in [2.45, 2.75) is 0 Å². The Morgan fingerprint density at radius 3 is 1.24 bits per heavy atom. The van der Waals surface area contributed by atoms with Gasteiger partial charge >= 0.3 is 0 Å². The van der Waals surface area contributed by atoms with Gasteiger partial charge in [0.2, 0.25) is 5.78 Å². The standard InChI is InChI=1S/C13H5N5O11/c19-13(11-7(15(22)23)2-1-3-8(11)16(24)25)12-9(17(26)27)4-6(14(20)21)5-10(12)18(28)29/h1-5H. The molecular formula is C13H5N5O11. The average molecular weight is 407 g/mol. The van der Waals surface area contributed by atoms with Gasteiger partial charge in [-0.25, -0.2) is 0 Å². The molecule has 148 valence electrons. The van der Waals surface area contributed by atoms with E-state index in [9.17, 15) is 55.4 Å². The van der Waals surface area contributed by atoms with Gasteiger partial charge in [-0.1, -0.05) is 0 Å². The highest BCUT2D eigenvalue weighted by Crippen LogP contribution is 2.39. The topological polar surface area (TPSA) is 233 Å². The number of hydrogen-bond acceptors (Lipinski definition) is 11. The molecule has 0 radical (unpaired) electrons. The summed E-state index contributed by atoms with van der Waals surface area (Å²) in [5, 5.41) is 55.8. The molecule has 16 nitrogen and oxygen atoms in total. The number of nitro groups is 5. The third-order valence-corrected chi connectivity index (χ3v) is 3.55. The van der Waals surface area contributed by atoms with Crippen molar-refractivity contribution < 1.29 is 29.4 Å². The van der Waals surface area contributed by atoms with Crippen LogP contribution in [-0.2, 0) is 0 Å². The van der Waals surface area contributed by atoms with Crippen LogP contribution in [0.2, 0.25) is 0 Å². The van der Waals surface area contributed by atoms with Gasteiger partial charge in [0.15, 0.2) is 11.1 Å². The quantitative estimate of drug-likeness (QED) is 0.367. The van der Waals surface area contributed by atoms with E-state index >= 15 is 0 Å². The third kappa shape index (κ3) is 3.65. The molecule has 0 aliphatic heterocycles. The van der Waals surface area contributed by atoms with Crippen LogP contribution >= 0.6 is 0 Å². The van der Waals surface area contributed by atoms with Crippen molar-refractivity contribution in [2.75, 3.05) is 0 Å². The lowest BCUT2D eigenvalue weighted by atomic mass is 9.96. The van der Waals surface area contributed by atoms with E-state index in [-0.39, 0.29) is 12.1 Å². The second kappa shape index (κ2) is 7.39. The smallest absolute Gasteiger partial charge is 0.287 e. The first kappa shape index (κ1) is 20.4. The van der Waals surface area contributed by atoms with Gasteiger partial charge < -0.3 is 0 Å². The van der Waals surface area contributed by atoms with Gasteiger partial charge in [-0.15, -0.1) is 0 Å². The molecule has 0 bridgehead atoms. The molecule has 2 aromatic carbocycles. The highest BCUT2D eigenvalue weighted by atomic mass is 16.6. The first-order valence-corrected chi connectivity index (χ1v) is 7.05. The SMILES string of the molecule is O=C(c1c([N+](=O)[O-])cccc1[N+](=O)[O-])c1c([N+](=O)[O-])cc([N+](=O)[O-])cc1[N+](=O)[O-]. The van der Waals surface area contributed by atoms with E-state index in [1.54, 1.807) is 0 Å². The fourth-order valence-corrected chi connectivity index (χ4v) is 2.41. The van der Waals surface area contributed by atoms with Gasteiger partial charge in [0.05, 0.1) is 36.7 Å². The Bertz CT molecular complexity index is 1060. The van der Waals surface area contributed by atoms with Crippen molar-refractivity contribution >= 4 is 34.2 Å². The van der Waals surface area contributed by atoms with Crippen molar-refractivity contribution in [3.8, 4) is 0 Å². The number of nitrogens with zero attached hydrogens (tertiary/aromatic N) is 5. The largest absolute Gasteiger partial charge is 0.294 e. The molecule has 0 amide bonds. The lowest BCUT2D eigenvalue weighted by Crippen LogP contribution is -2.13. The van der Waals surface area contributed by atoms with Crippen molar-refractivity contribution in [3.05, 3.63) is 92.0 Å². The number of non-ortho nitro benzene ring substituents is 1. The van der Waals surface area contributed by atoms with E-state index in [1.165, 1.54) is 0 Å². The van der Waals surface area contributed by atoms with Gasteiger partial charge in [0.1, 0.15) is 0 Å². The minimum atomic E-state index is -1.78. The first-order valence-electron chi connectivity index (χ1n) is 7.05. The molecule has 0 aromatic heterocycles. The van der Waals surface area contributed by atoms with E-state index in [1.807, 2.05) is 0 Å². The van der Waals surface area contributed by atoms with E-state index in [0.29, 0.717) is 12.1 Å². The van der Waals surface area contributed by atoms with E-state index in [4.69, 9.17) is 0 Å². The molecule has 2 rings (SSSR count). The Labute approximate surface area is 156 Å². The second-order valence-corrected chi connectivity index (χ2v) is 5.14. The van der Waals surface area contributed by atoms with E-state index in [2.05, 4.69) is 0 Å². The molecule has 29 heavy (non-hydrogen) atoms. The number of rotatable bonds is 7. The molecule has 0 aliphatic carbocycles. The Hall–Kier alpha value is -4.89. The van der Waals surface area contributed by atoms with Crippen LogP contribution in [0.1, 0.15) is 15.9 Å². The van der Waals surface area contributed by atoms with Gasteiger partial charge in [-0.2, -0.15) is 0 Å². The number of benzene rings is 2. The minimum absolute atomic E-state index is 0.237. The summed E-state index contributed by atoms with van der Waals surface area (Å²) in [5.74, 6) is -1.78. The molecule has 0 saturated heterocycles.